The van der Waals surface area contributed by atoms with Gasteiger partial charge in [0.25, 0.3) is 0 Å². The van der Waals surface area contributed by atoms with E-state index in [0.717, 1.165) is 27.6 Å². The lowest BCUT2D eigenvalue weighted by atomic mass is 10.0. The van der Waals surface area contributed by atoms with Gasteiger partial charge in [-0.15, -0.1) is 11.3 Å². The molecule has 0 saturated carbocycles. The van der Waals surface area contributed by atoms with E-state index in [4.69, 9.17) is 4.42 Å². The van der Waals surface area contributed by atoms with Crippen LogP contribution < -0.4 is 0 Å². The van der Waals surface area contributed by atoms with Crippen LogP contribution >= 0.6 is 11.3 Å². The molecule has 0 bridgehead atoms. The van der Waals surface area contributed by atoms with Crippen molar-refractivity contribution in [3.63, 3.8) is 0 Å². The van der Waals surface area contributed by atoms with E-state index in [1.165, 1.54) is 80.6 Å². The molecule has 7 aromatic carbocycles. The van der Waals surface area contributed by atoms with Crippen molar-refractivity contribution in [2.75, 3.05) is 0 Å². The van der Waals surface area contributed by atoms with E-state index < -0.39 is 0 Å². The van der Waals surface area contributed by atoms with Crippen LogP contribution in [0.2, 0.25) is 0 Å². The van der Waals surface area contributed by atoms with E-state index in [1.807, 2.05) is 11.3 Å². The summed E-state index contributed by atoms with van der Waals surface area (Å²) in [6, 6.07) is 48.4. The standard InChI is InChI=1S/C44H24N2OS/c1-2-10-25(11-3-1)45-34-15-7-4-12-26(34)32-24-33-27-20-22-37-41(29-13-5-8-16-36(29)47-37)44(27)46-35-21-23-39-40(30-14-6-9-17-38(30)48-39)28(35)18-19-31(42(32)45)43(33)46/h1-24H. The number of rotatable bonds is 1. The number of hydrogen-bond donors (Lipinski definition) is 0. The summed E-state index contributed by atoms with van der Waals surface area (Å²) in [7, 11) is 0. The maximum absolute atomic E-state index is 6.50. The lowest BCUT2D eigenvalue weighted by Gasteiger charge is -2.14. The van der Waals surface area contributed by atoms with Crippen LogP contribution in [-0.4, -0.2) is 9.13 Å². The van der Waals surface area contributed by atoms with Crippen molar-refractivity contribution in [1.82, 2.24) is 9.13 Å². The van der Waals surface area contributed by atoms with Crippen LogP contribution in [-0.2, 0) is 0 Å². The van der Waals surface area contributed by atoms with Gasteiger partial charge in [0.2, 0.25) is 0 Å². The Hall–Kier alpha value is -6.10. The average Bonchev–Trinajstić information content (AvgIpc) is 3.85. The number of fused-ring (bicyclic) bond motifs is 17. The van der Waals surface area contributed by atoms with Crippen LogP contribution in [0.1, 0.15) is 11.1 Å². The highest BCUT2D eigenvalue weighted by Gasteiger charge is 2.27. The molecule has 0 amide bonds. The molecular weight excluding hydrogens is 605 g/mol. The molecule has 12 rings (SSSR count). The number of furan rings is 1. The lowest BCUT2D eigenvalue weighted by Crippen LogP contribution is -1.99. The molecule has 0 fully saturated rings. The maximum Gasteiger partial charge on any atom is 0.137 e. The first-order valence-electron chi connectivity index (χ1n) is 16.4. The van der Waals surface area contributed by atoms with Crippen LogP contribution in [0.15, 0.2) is 138 Å². The molecule has 4 aromatic heterocycles. The lowest BCUT2D eigenvalue weighted by molar-refractivity contribution is 0.669. The van der Waals surface area contributed by atoms with E-state index in [9.17, 15) is 0 Å². The van der Waals surface area contributed by atoms with Gasteiger partial charge in [-0.3, -0.25) is 0 Å². The second-order valence-corrected chi connectivity index (χ2v) is 13.9. The second kappa shape index (κ2) is 8.82. The first kappa shape index (κ1) is 25.0. The number of thiophene rings is 1. The highest BCUT2D eigenvalue weighted by molar-refractivity contribution is 7.25. The number of nitrogens with zero attached hydrogens (tertiary/aromatic N) is 2. The molecule has 0 aliphatic carbocycles. The minimum atomic E-state index is 0.911. The highest BCUT2D eigenvalue weighted by atomic mass is 32.1. The van der Waals surface area contributed by atoms with Gasteiger partial charge in [-0.2, -0.15) is 0 Å². The normalized spacial score (nSPS) is 12.9. The molecule has 222 valence electrons. The third kappa shape index (κ3) is 3.00. The third-order valence-corrected chi connectivity index (χ3v) is 11.6. The molecule has 0 N–H and O–H groups in total. The second-order valence-electron chi connectivity index (χ2n) is 12.8. The Kier molecular flexibility index (Phi) is 4.60. The zero-order valence-electron chi connectivity index (χ0n) is 25.6. The van der Waals surface area contributed by atoms with Crippen molar-refractivity contribution < 1.29 is 4.42 Å². The van der Waals surface area contributed by atoms with Crippen molar-refractivity contribution in [1.29, 1.82) is 0 Å². The Morgan fingerprint density at radius 2 is 1.17 bits per heavy atom. The summed E-state index contributed by atoms with van der Waals surface area (Å²) in [6.45, 7) is 0. The molecule has 0 unspecified atom stereocenters. The van der Waals surface area contributed by atoms with Gasteiger partial charge in [-0.25, -0.2) is 0 Å². The topological polar surface area (TPSA) is 23.0 Å². The van der Waals surface area contributed by atoms with Gasteiger partial charge in [0.05, 0.1) is 33.1 Å². The van der Waals surface area contributed by atoms with Crippen LogP contribution in [0, 0.1) is 0 Å². The molecule has 4 heteroatoms. The van der Waals surface area contributed by atoms with Crippen molar-refractivity contribution in [2.45, 2.75) is 0 Å². The summed E-state index contributed by atoms with van der Waals surface area (Å²) in [5.41, 5.74) is 11.5. The van der Waals surface area contributed by atoms with Crippen molar-refractivity contribution >= 4 is 109 Å². The third-order valence-electron chi connectivity index (χ3n) is 10.5. The number of hydrogen-bond acceptors (Lipinski definition) is 2. The first-order valence-corrected chi connectivity index (χ1v) is 17.2. The molecule has 1 aliphatic rings. The van der Waals surface area contributed by atoms with E-state index >= 15 is 0 Å². The van der Waals surface area contributed by atoms with E-state index in [2.05, 4.69) is 155 Å². The van der Waals surface area contributed by atoms with Gasteiger partial charge >= 0.3 is 0 Å². The Morgan fingerprint density at radius 1 is 0.438 bits per heavy atom. The Morgan fingerprint density at radius 3 is 2.08 bits per heavy atom. The summed E-state index contributed by atoms with van der Waals surface area (Å²) in [4.78, 5) is 0. The highest BCUT2D eigenvalue weighted by Crippen LogP contribution is 2.49. The summed E-state index contributed by atoms with van der Waals surface area (Å²) < 4.78 is 14.1. The molecule has 3 nitrogen and oxygen atoms in total. The first-order chi connectivity index (χ1) is 23.8. The van der Waals surface area contributed by atoms with Crippen molar-refractivity contribution in [3.05, 3.63) is 145 Å². The summed E-state index contributed by atoms with van der Waals surface area (Å²) in [6.07, 6.45) is 4.77. The van der Waals surface area contributed by atoms with E-state index in [-0.39, 0.29) is 0 Å². The van der Waals surface area contributed by atoms with Crippen molar-refractivity contribution in [2.24, 2.45) is 0 Å². The molecule has 11 aromatic rings. The molecule has 0 spiro atoms. The van der Waals surface area contributed by atoms with Gasteiger partial charge in [-0.05, 0) is 60.7 Å². The predicted octanol–water partition coefficient (Wildman–Crippen LogP) is 12.6. The fourth-order valence-electron chi connectivity index (χ4n) is 8.56. The van der Waals surface area contributed by atoms with Gasteiger partial charge < -0.3 is 13.6 Å². The minimum absolute atomic E-state index is 0.911. The SMILES string of the molecule is C1=Cc2c3c(cc4c5ccc6oc7ccccc7c6c5n(c24)-c2ccc4sc5ccccc5c4c21)c1ccccc1n3-c1ccccc1. The Labute approximate surface area is 277 Å². The summed E-state index contributed by atoms with van der Waals surface area (Å²) in [5, 5.41) is 9.93. The molecule has 48 heavy (non-hydrogen) atoms. The zero-order chi connectivity index (χ0) is 31.1. The van der Waals surface area contributed by atoms with Crippen LogP contribution in [0.3, 0.4) is 0 Å². The van der Waals surface area contributed by atoms with E-state index in [1.54, 1.807) is 0 Å². The molecule has 1 aliphatic heterocycles. The predicted molar refractivity (Wildman–Crippen MR) is 204 cm³/mol. The van der Waals surface area contributed by atoms with Crippen LogP contribution in [0.4, 0.5) is 0 Å². The molecule has 0 saturated heterocycles. The van der Waals surface area contributed by atoms with Gasteiger partial charge in [0, 0.05) is 63.9 Å². The van der Waals surface area contributed by atoms with Gasteiger partial charge in [0.15, 0.2) is 0 Å². The van der Waals surface area contributed by atoms with E-state index in [0.29, 0.717) is 0 Å². The maximum atomic E-state index is 6.50. The summed E-state index contributed by atoms with van der Waals surface area (Å²) in [5.74, 6) is 0. The summed E-state index contributed by atoms with van der Waals surface area (Å²) >= 11 is 1.87. The van der Waals surface area contributed by atoms with Crippen LogP contribution in [0.25, 0.3) is 109 Å². The van der Waals surface area contributed by atoms with Crippen LogP contribution in [0.5, 0.6) is 0 Å². The van der Waals surface area contributed by atoms with Gasteiger partial charge in [0.1, 0.15) is 11.2 Å². The fraction of sp³-hybridized carbons (Fsp3) is 0. The molecular formula is C44H24N2OS. The minimum Gasteiger partial charge on any atom is -0.456 e. The molecule has 0 atom stereocenters. The smallest absolute Gasteiger partial charge is 0.137 e. The molecule has 0 radical (unpaired) electrons. The fourth-order valence-corrected chi connectivity index (χ4v) is 9.68. The largest absolute Gasteiger partial charge is 0.456 e. The monoisotopic (exact) mass is 628 g/mol. The molecule has 5 heterocycles. The quantitative estimate of drug-likeness (QED) is 0.177. The van der Waals surface area contributed by atoms with Crippen molar-refractivity contribution in [3.8, 4) is 11.4 Å². The Balaban J connectivity index is 1.38. The Bertz CT molecular complexity index is 3220. The van der Waals surface area contributed by atoms with Gasteiger partial charge in [-0.1, -0.05) is 84.9 Å². The zero-order valence-corrected chi connectivity index (χ0v) is 26.4. The number of benzene rings is 7. The number of para-hydroxylation sites is 3. The number of aromatic nitrogens is 2. The average molecular weight is 629 g/mol.